The van der Waals surface area contributed by atoms with Crippen molar-refractivity contribution in [2.45, 2.75) is 13.8 Å². The van der Waals surface area contributed by atoms with Crippen LogP contribution in [-0.2, 0) is 0 Å². The molecule has 0 unspecified atom stereocenters. The van der Waals surface area contributed by atoms with Crippen LogP contribution in [0.1, 0.15) is 21.5 Å². The van der Waals surface area contributed by atoms with E-state index in [0.717, 1.165) is 17.7 Å². The largest absolute Gasteiger partial charge is 0.399 e. The molecule has 3 nitrogen and oxygen atoms in total. The topological polar surface area (TPSA) is 55.1 Å². The van der Waals surface area contributed by atoms with Crippen molar-refractivity contribution in [2.24, 2.45) is 0 Å². The molecule has 0 atom stereocenters. The molecular formula is C15H14F2N2O. The van der Waals surface area contributed by atoms with Crippen LogP contribution in [0.25, 0.3) is 0 Å². The highest BCUT2D eigenvalue weighted by Crippen LogP contribution is 2.20. The first-order chi connectivity index (χ1) is 9.38. The molecule has 104 valence electrons. The number of benzene rings is 2. The molecule has 0 saturated heterocycles. The first-order valence-corrected chi connectivity index (χ1v) is 6.01. The maximum Gasteiger partial charge on any atom is 0.255 e. The van der Waals surface area contributed by atoms with Gasteiger partial charge in [0.05, 0.1) is 5.69 Å². The molecule has 2 aromatic rings. The van der Waals surface area contributed by atoms with E-state index in [4.69, 9.17) is 5.73 Å². The standard InChI is InChI=1S/C15H14F2N2O/c1-8-6-12(17)14(7-11(8)16)19-15(20)10-3-4-13(18)9(2)5-10/h3-7H,18H2,1-2H3,(H,19,20). The maximum atomic E-state index is 13.6. The lowest BCUT2D eigenvalue weighted by Crippen LogP contribution is -2.14. The quantitative estimate of drug-likeness (QED) is 0.826. The van der Waals surface area contributed by atoms with Gasteiger partial charge >= 0.3 is 0 Å². The van der Waals surface area contributed by atoms with Gasteiger partial charge in [-0.3, -0.25) is 4.79 Å². The van der Waals surface area contributed by atoms with Crippen molar-refractivity contribution >= 4 is 17.3 Å². The molecule has 0 aliphatic carbocycles. The number of anilines is 2. The summed E-state index contributed by atoms with van der Waals surface area (Å²) in [5.74, 6) is -1.77. The summed E-state index contributed by atoms with van der Waals surface area (Å²) in [6, 6.07) is 6.72. The van der Waals surface area contributed by atoms with E-state index in [9.17, 15) is 13.6 Å². The van der Waals surface area contributed by atoms with E-state index in [2.05, 4.69) is 5.32 Å². The normalized spacial score (nSPS) is 10.4. The summed E-state index contributed by atoms with van der Waals surface area (Å²) in [5.41, 5.74) is 7.30. The number of hydrogen-bond donors (Lipinski definition) is 2. The van der Waals surface area contributed by atoms with Crippen molar-refractivity contribution in [3.63, 3.8) is 0 Å². The fourth-order valence-electron chi connectivity index (χ4n) is 1.75. The number of nitrogen functional groups attached to an aromatic ring is 1. The third-order valence-electron chi connectivity index (χ3n) is 3.03. The van der Waals surface area contributed by atoms with Gasteiger partial charge in [0.25, 0.3) is 5.91 Å². The van der Waals surface area contributed by atoms with Crippen LogP contribution in [0.5, 0.6) is 0 Å². The van der Waals surface area contributed by atoms with Crippen LogP contribution in [0, 0.1) is 25.5 Å². The molecule has 0 heterocycles. The van der Waals surface area contributed by atoms with E-state index in [1.807, 2.05) is 0 Å². The summed E-state index contributed by atoms with van der Waals surface area (Å²) in [6.45, 7) is 3.21. The van der Waals surface area contributed by atoms with Gasteiger partial charge in [-0.15, -0.1) is 0 Å². The Morgan fingerprint density at radius 2 is 1.75 bits per heavy atom. The van der Waals surface area contributed by atoms with E-state index in [-0.39, 0.29) is 11.3 Å². The summed E-state index contributed by atoms with van der Waals surface area (Å²) in [4.78, 5) is 12.0. The Morgan fingerprint density at radius 3 is 2.40 bits per heavy atom. The van der Waals surface area contributed by atoms with Gasteiger partial charge in [0.2, 0.25) is 0 Å². The number of nitrogens with one attached hydrogen (secondary N) is 1. The summed E-state index contributed by atoms with van der Waals surface area (Å²) < 4.78 is 27.0. The molecule has 2 rings (SSSR count). The summed E-state index contributed by atoms with van der Waals surface area (Å²) >= 11 is 0. The Kier molecular flexibility index (Phi) is 3.70. The van der Waals surface area contributed by atoms with Gasteiger partial charge in [-0.1, -0.05) is 0 Å². The Balaban J connectivity index is 2.27. The molecule has 2 aromatic carbocycles. The summed E-state index contributed by atoms with van der Waals surface area (Å²) in [6.07, 6.45) is 0. The Hall–Kier alpha value is -2.43. The van der Waals surface area contributed by atoms with E-state index in [1.54, 1.807) is 19.1 Å². The predicted molar refractivity (Wildman–Crippen MR) is 74.6 cm³/mol. The molecule has 1 amide bonds. The number of carbonyl (C=O) groups excluding carboxylic acids is 1. The minimum atomic E-state index is -0.676. The first-order valence-electron chi connectivity index (χ1n) is 6.01. The van der Waals surface area contributed by atoms with Crippen molar-refractivity contribution in [1.29, 1.82) is 0 Å². The molecular weight excluding hydrogens is 262 g/mol. The molecule has 0 aromatic heterocycles. The van der Waals surface area contributed by atoms with E-state index < -0.39 is 17.5 Å². The van der Waals surface area contributed by atoms with Crippen molar-refractivity contribution in [1.82, 2.24) is 0 Å². The molecule has 0 radical (unpaired) electrons. The lowest BCUT2D eigenvalue weighted by molar-refractivity contribution is 0.102. The van der Waals surface area contributed by atoms with Crippen molar-refractivity contribution < 1.29 is 13.6 Å². The fraction of sp³-hybridized carbons (Fsp3) is 0.133. The second-order valence-corrected chi connectivity index (χ2v) is 4.61. The van der Waals surface area contributed by atoms with Gasteiger partial charge in [0.1, 0.15) is 11.6 Å². The van der Waals surface area contributed by atoms with Crippen LogP contribution in [0.3, 0.4) is 0 Å². The van der Waals surface area contributed by atoms with Crippen LogP contribution in [0.4, 0.5) is 20.2 Å². The van der Waals surface area contributed by atoms with Gasteiger partial charge < -0.3 is 11.1 Å². The molecule has 0 aliphatic heterocycles. The highest BCUT2D eigenvalue weighted by atomic mass is 19.1. The average Bonchev–Trinajstić information content (AvgIpc) is 2.39. The zero-order chi connectivity index (χ0) is 14.9. The number of halogens is 2. The lowest BCUT2D eigenvalue weighted by Gasteiger charge is -2.09. The predicted octanol–water partition coefficient (Wildman–Crippen LogP) is 3.42. The molecule has 5 heteroatoms. The van der Waals surface area contributed by atoms with Gasteiger partial charge in [-0.05, 0) is 49.2 Å². The number of carbonyl (C=O) groups is 1. The second-order valence-electron chi connectivity index (χ2n) is 4.61. The van der Waals surface area contributed by atoms with Crippen LogP contribution in [0.15, 0.2) is 30.3 Å². The van der Waals surface area contributed by atoms with E-state index >= 15 is 0 Å². The van der Waals surface area contributed by atoms with Gasteiger partial charge in [-0.2, -0.15) is 0 Å². The molecule has 0 bridgehead atoms. The summed E-state index contributed by atoms with van der Waals surface area (Å²) in [7, 11) is 0. The molecule has 0 spiro atoms. The molecule has 3 N–H and O–H groups in total. The number of rotatable bonds is 2. The van der Waals surface area contributed by atoms with Crippen molar-refractivity contribution in [3.8, 4) is 0 Å². The Morgan fingerprint density at radius 1 is 1.05 bits per heavy atom. The van der Waals surface area contributed by atoms with Gasteiger partial charge in [-0.25, -0.2) is 8.78 Å². The molecule has 0 fully saturated rings. The second kappa shape index (κ2) is 5.28. The number of aryl methyl sites for hydroxylation is 2. The summed E-state index contributed by atoms with van der Waals surface area (Å²) in [5, 5.41) is 2.35. The molecule has 0 saturated carbocycles. The third kappa shape index (κ3) is 2.77. The minimum absolute atomic E-state index is 0.184. The van der Waals surface area contributed by atoms with Gasteiger partial charge in [0.15, 0.2) is 0 Å². The van der Waals surface area contributed by atoms with Gasteiger partial charge in [0, 0.05) is 17.3 Å². The number of hydrogen-bond acceptors (Lipinski definition) is 2. The molecule has 20 heavy (non-hydrogen) atoms. The average molecular weight is 276 g/mol. The minimum Gasteiger partial charge on any atom is -0.399 e. The Labute approximate surface area is 115 Å². The van der Waals surface area contributed by atoms with E-state index in [1.165, 1.54) is 13.0 Å². The Bertz CT molecular complexity index is 684. The van der Waals surface area contributed by atoms with Crippen LogP contribution < -0.4 is 11.1 Å². The van der Waals surface area contributed by atoms with Crippen LogP contribution in [0.2, 0.25) is 0 Å². The maximum absolute atomic E-state index is 13.6. The van der Waals surface area contributed by atoms with Crippen LogP contribution in [-0.4, -0.2) is 5.91 Å². The lowest BCUT2D eigenvalue weighted by atomic mass is 10.1. The fourth-order valence-corrected chi connectivity index (χ4v) is 1.75. The highest BCUT2D eigenvalue weighted by molar-refractivity contribution is 6.04. The highest BCUT2D eigenvalue weighted by Gasteiger charge is 2.12. The van der Waals surface area contributed by atoms with Crippen LogP contribution >= 0.6 is 0 Å². The van der Waals surface area contributed by atoms with Crippen molar-refractivity contribution in [2.75, 3.05) is 11.1 Å². The zero-order valence-electron chi connectivity index (χ0n) is 11.1. The first kappa shape index (κ1) is 14.0. The molecule has 0 aliphatic rings. The SMILES string of the molecule is Cc1cc(C(=O)Nc2cc(F)c(C)cc2F)ccc1N. The van der Waals surface area contributed by atoms with Crippen molar-refractivity contribution in [3.05, 3.63) is 58.7 Å². The monoisotopic (exact) mass is 276 g/mol. The number of nitrogens with two attached hydrogens (primary N) is 1. The zero-order valence-corrected chi connectivity index (χ0v) is 11.1. The third-order valence-corrected chi connectivity index (χ3v) is 3.03. The van der Waals surface area contributed by atoms with E-state index in [0.29, 0.717) is 11.3 Å². The number of amides is 1. The smallest absolute Gasteiger partial charge is 0.255 e.